The first kappa shape index (κ1) is 16.5. The Morgan fingerprint density at radius 1 is 1.45 bits per heavy atom. The molecule has 0 radical (unpaired) electrons. The Balaban J connectivity index is 1.88. The van der Waals surface area contributed by atoms with Gasteiger partial charge in [-0.3, -0.25) is 9.78 Å². The molecule has 7 heteroatoms. The number of likely N-dealkylation sites (N-methyl/N-ethyl adjacent to an activating group) is 1. The van der Waals surface area contributed by atoms with Crippen LogP contribution in [0.2, 0.25) is 5.15 Å². The number of ether oxygens (including phenoxy) is 1. The van der Waals surface area contributed by atoms with Crippen LogP contribution in [0, 0.1) is 0 Å². The van der Waals surface area contributed by atoms with Crippen molar-refractivity contribution in [1.29, 1.82) is 0 Å². The molecule has 22 heavy (non-hydrogen) atoms. The first-order chi connectivity index (χ1) is 10.5. The Labute approximate surface area is 134 Å². The van der Waals surface area contributed by atoms with E-state index >= 15 is 0 Å². The molecule has 2 aromatic heterocycles. The van der Waals surface area contributed by atoms with Gasteiger partial charge in [-0.2, -0.15) is 0 Å². The van der Waals surface area contributed by atoms with E-state index in [1.807, 2.05) is 19.2 Å². The number of hydrogen-bond donors (Lipinski definition) is 0. The molecule has 0 N–H and O–H groups in total. The molecule has 1 amide bonds. The predicted molar refractivity (Wildman–Crippen MR) is 83.2 cm³/mol. The van der Waals surface area contributed by atoms with Crippen molar-refractivity contribution in [3.05, 3.63) is 47.3 Å². The minimum atomic E-state index is -0.533. The highest BCUT2D eigenvalue weighted by atomic mass is 35.5. The highest BCUT2D eigenvalue weighted by molar-refractivity contribution is 6.29. The maximum absolute atomic E-state index is 12.3. The zero-order chi connectivity index (χ0) is 16.1. The molecule has 0 fully saturated rings. The van der Waals surface area contributed by atoms with Gasteiger partial charge < -0.3 is 14.2 Å². The number of aromatic nitrogens is 3. The first-order valence-corrected chi connectivity index (χ1v) is 7.28. The van der Waals surface area contributed by atoms with Crippen LogP contribution in [-0.2, 0) is 29.7 Å². The SMILES string of the molecule is CC(OCc1ccncc1)C(=O)N(C)Cc1ncc(Cl)n1C. The van der Waals surface area contributed by atoms with Gasteiger partial charge in [-0.25, -0.2) is 4.98 Å². The average molecular weight is 323 g/mol. The lowest BCUT2D eigenvalue weighted by atomic mass is 10.3. The van der Waals surface area contributed by atoms with Crippen molar-refractivity contribution in [3.63, 3.8) is 0 Å². The van der Waals surface area contributed by atoms with Crippen molar-refractivity contribution < 1.29 is 9.53 Å². The van der Waals surface area contributed by atoms with Gasteiger partial charge in [0.2, 0.25) is 0 Å². The molecule has 0 aliphatic rings. The zero-order valence-corrected chi connectivity index (χ0v) is 13.6. The fraction of sp³-hybridized carbons (Fsp3) is 0.400. The van der Waals surface area contributed by atoms with Crippen LogP contribution in [0.25, 0.3) is 0 Å². The highest BCUT2D eigenvalue weighted by Crippen LogP contribution is 2.12. The minimum Gasteiger partial charge on any atom is -0.364 e. The molecule has 0 aliphatic carbocycles. The predicted octanol–water partition coefficient (Wildman–Crippen LogP) is 2.03. The summed E-state index contributed by atoms with van der Waals surface area (Å²) in [6, 6.07) is 3.72. The summed E-state index contributed by atoms with van der Waals surface area (Å²) in [5, 5.41) is 0.540. The first-order valence-electron chi connectivity index (χ1n) is 6.90. The topological polar surface area (TPSA) is 60.2 Å². The lowest BCUT2D eigenvalue weighted by Gasteiger charge is -2.21. The largest absolute Gasteiger partial charge is 0.364 e. The summed E-state index contributed by atoms with van der Waals surface area (Å²) in [6.45, 7) is 2.49. The highest BCUT2D eigenvalue weighted by Gasteiger charge is 2.20. The van der Waals surface area contributed by atoms with Crippen molar-refractivity contribution in [2.24, 2.45) is 7.05 Å². The molecular weight excluding hydrogens is 304 g/mol. The van der Waals surface area contributed by atoms with Gasteiger partial charge in [-0.15, -0.1) is 0 Å². The molecule has 1 atom stereocenters. The third kappa shape index (κ3) is 4.05. The fourth-order valence-corrected chi connectivity index (χ4v) is 2.09. The van der Waals surface area contributed by atoms with Crippen molar-refractivity contribution in [2.45, 2.75) is 26.2 Å². The second-order valence-electron chi connectivity index (χ2n) is 5.06. The molecule has 0 aliphatic heterocycles. The summed E-state index contributed by atoms with van der Waals surface area (Å²) in [5.74, 6) is 0.621. The number of nitrogens with zero attached hydrogens (tertiary/aromatic N) is 4. The number of carbonyl (C=O) groups excluding carboxylic acids is 1. The van der Waals surface area contributed by atoms with Crippen LogP contribution < -0.4 is 0 Å². The van der Waals surface area contributed by atoms with E-state index in [2.05, 4.69) is 9.97 Å². The third-order valence-corrected chi connectivity index (χ3v) is 3.73. The molecule has 6 nitrogen and oxygen atoms in total. The van der Waals surface area contributed by atoms with E-state index in [4.69, 9.17) is 16.3 Å². The second-order valence-corrected chi connectivity index (χ2v) is 5.45. The number of hydrogen-bond acceptors (Lipinski definition) is 4. The molecule has 2 aromatic rings. The monoisotopic (exact) mass is 322 g/mol. The number of imidazole rings is 1. The molecule has 2 heterocycles. The molecular formula is C15H19ClN4O2. The lowest BCUT2D eigenvalue weighted by molar-refractivity contribution is -0.142. The zero-order valence-electron chi connectivity index (χ0n) is 12.9. The van der Waals surface area contributed by atoms with Crippen LogP contribution in [0.5, 0.6) is 0 Å². The van der Waals surface area contributed by atoms with Crippen LogP contribution >= 0.6 is 11.6 Å². The van der Waals surface area contributed by atoms with Gasteiger partial charge in [0.25, 0.3) is 5.91 Å². The number of halogens is 1. The molecule has 0 aromatic carbocycles. The van der Waals surface area contributed by atoms with E-state index in [0.717, 1.165) is 11.4 Å². The Bertz CT molecular complexity index is 630. The van der Waals surface area contributed by atoms with Crippen LogP contribution in [0.4, 0.5) is 0 Å². The van der Waals surface area contributed by atoms with E-state index in [0.29, 0.717) is 18.3 Å². The fourth-order valence-electron chi connectivity index (χ4n) is 1.94. The van der Waals surface area contributed by atoms with Gasteiger partial charge in [0.05, 0.1) is 19.3 Å². The average Bonchev–Trinajstić information content (AvgIpc) is 2.84. The standard InChI is InChI=1S/C15H19ClN4O2/c1-11(22-10-12-4-6-17-7-5-12)15(21)19(2)9-14-18-8-13(16)20(14)3/h4-8,11H,9-10H2,1-3H3. The van der Waals surface area contributed by atoms with Crippen LogP contribution in [-0.4, -0.2) is 38.5 Å². The second kappa shape index (κ2) is 7.38. The van der Waals surface area contributed by atoms with Crippen molar-refractivity contribution >= 4 is 17.5 Å². The van der Waals surface area contributed by atoms with Gasteiger partial charge >= 0.3 is 0 Å². The summed E-state index contributed by atoms with van der Waals surface area (Å²) in [5.41, 5.74) is 0.980. The maximum atomic E-state index is 12.3. The van der Waals surface area contributed by atoms with Crippen LogP contribution in [0.15, 0.2) is 30.7 Å². The Hall–Kier alpha value is -1.92. The lowest BCUT2D eigenvalue weighted by Crippen LogP contribution is -2.36. The van der Waals surface area contributed by atoms with E-state index in [1.165, 1.54) is 0 Å². The molecule has 1 unspecified atom stereocenters. The summed E-state index contributed by atoms with van der Waals surface area (Å²) >= 11 is 5.94. The summed E-state index contributed by atoms with van der Waals surface area (Å²) in [6.07, 6.45) is 4.43. The van der Waals surface area contributed by atoms with E-state index in [1.54, 1.807) is 42.0 Å². The van der Waals surface area contributed by atoms with Gasteiger partial charge in [0.1, 0.15) is 17.1 Å². The number of amides is 1. The Morgan fingerprint density at radius 2 is 2.14 bits per heavy atom. The van der Waals surface area contributed by atoms with Gasteiger partial charge in [0, 0.05) is 26.5 Å². The van der Waals surface area contributed by atoms with Crippen molar-refractivity contribution in [2.75, 3.05) is 7.05 Å². The van der Waals surface area contributed by atoms with Crippen molar-refractivity contribution in [1.82, 2.24) is 19.4 Å². The molecule has 2 rings (SSSR count). The maximum Gasteiger partial charge on any atom is 0.251 e. The van der Waals surface area contributed by atoms with Gasteiger partial charge in [-0.05, 0) is 24.6 Å². The molecule has 0 bridgehead atoms. The smallest absolute Gasteiger partial charge is 0.251 e. The third-order valence-electron chi connectivity index (χ3n) is 3.38. The summed E-state index contributed by atoms with van der Waals surface area (Å²) in [7, 11) is 3.53. The molecule has 118 valence electrons. The molecule has 0 saturated heterocycles. The molecule has 0 saturated carbocycles. The van der Waals surface area contributed by atoms with E-state index in [9.17, 15) is 4.79 Å². The number of pyridine rings is 1. The van der Waals surface area contributed by atoms with E-state index in [-0.39, 0.29) is 5.91 Å². The summed E-state index contributed by atoms with van der Waals surface area (Å²) in [4.78, 5) is 22.0. The minimum absolute atomic E-state index is 0.104. The van der Waals surface area contributed by atoms with E-state index < -0.39 is 6.10 Å². The Kier molecular flexibility index (Phi) is 5.51. The summed E-state index contributed by atoms with van der Waals surface area (Å²) < 4.78 is 7.36. The van der Waals surface area contributed by atoms with Crippen LogP contribution in [0.1, 0.15) is 18.3 Å². The van der Waals surface area contributed by atoms with Crippen LogP contribution in [0.3, 0.4) is 0 Å². The Morgan fingerprint density at radius 3 is 2.73 bits per heavy atom. The number of carbonyl (C=O) groups is 1. The normalized spacial score (nSPS) is 12.2. The molecule has 0 spiro atoms. The van der Waals surface area contributed by atoms with Crippen molar-refractivity contribution in [3.8, 4) is 0 Å². The van der Waals surface area contributed by atoms with Gasteiger partial charge in [-0.1, -0.05) is 11.6 Å². The quantitative estimate of drug-likeness (QED) is 0.816. The number of rotatable bonds is 6. The van der Waals surface area contributed by atoms with Gasteiger partial charge in [0.15, 0.2) is 0 Å².